The standard InChI is InChI=1S/C9H14N2O2S/c1-9(2,10)6-5-11-7(14-6)4-8(12)13-3/h5H,4,10H2,1-3H3. The molecule has 2 N–H and O–H groups in total. The summed E-state index contributed by atoms with van der Waals surface area (Å²) in [6, 6.07) is 0. The van der Waals surface area contributed by atoms with Gasteiger partial charge in [-0.1, -0.05) is 0 Å². The number of methoxy groups -OCH3 is 1. The van der Waals surface area contributed by atoms with E-state index in [-0.39, 0.29) is 12.4 Å². The Bertz CT molecular complexity index is 328. The second-order valence-electron chi connectivity index (χ2n) is 3.59. The highest BCUT2D eigenvalue weighted by Gasteiger charge is 2.18. The molecule has 0 aliphatic heterocycles. The molecule has 0 aliphatic carbocycles. The zero-order valence-electron chi connectivity index (χ0n) is 8.53. The van der Waals surface area contributed by atoms with E-state index in [0.29, 0.717) is 0 Å². The Kier molecular flexibility index (Phi) is 3.23. The predicted octanol–water partition coefficient (Wildman–Crippen LogP) is 1.05. The lowest BCUT2D eigenvalue weighted by atomic mass is 10.1. The van der Waals surface area contributed by atoms with Crippen molar-refractivity contribution in [2.75, 3.05) is 7.11 Å². The van der Waals surface area contributed by atoms with Crippen molar-refractivity contribution < 1.29 is 9.53 Å². The number of ether oxygens (including phenoxy) is 1. The highest BCUT2D eigenvalue weighted by atomic mass is 32.1. The van der Waals surface area contributed by atoms with Gasteiger partial charge in [0.25, 0.3) is 0 Å². The van der Waals surface area contributed by atoms with Gasteiger partial charge in [0.2, 0.25) is 0 Å². The highest BCUT2D eigenvalue weighted by Crippen LogP contribution is 2.23. The molecule has 0 spiro atoms. The van der Waals surface area contributed by atoms with E-state index in [1.807, 2.05) is 13.8 Å². The maximum Gasteiger partial charge on any atom is 0.312 e. The number of nitrogens with zero attached hydrogens (tertiary/aromatic N) is 1. The van der Waals surface area contributed by atoms with Crippen LogP contribution in [0, 0.1) is 0 Å². The Morgan fingerprint density at radius 2 is 2.36 bits per heavy atom. The molecule has 0 saturated heterocycles. The fourth-order valence-corrected chi connectivity index (χ4v) is 1.80. The minimum absolute atomic E-state index is 0.219. The first kappa shape index (κ1) is 11.1. The van der Waals surface area contributed by atoms with Gasteiger partial charge in [-0.25, -0.2) is 4.98 Å². The number of carbonyl (C=O) groups is 1. The minimum atomic E-state index is -0.397. The Morgan fingerprint density at radius 1 is 1.71 bits per heavy atom. The van der Waals surface area contributed by atoms with Crippen molar-refractivity contribution in [3.05, 3.63) is 16.1 Å². The number of carbonyl (C=O) groups excluding carboxylic acids is 1. The van der Waals surface area contributed by atoms with Crippen molar-refractivity contribution in [2.24, 2.45) is 5.73 Å². The topological polar surface area (TPSA) is 65.2 Å². The molecule has 4 nitrogen and oxygen atoms in total. The van der Waals surface area contributed by atoms with Gasteiger partial charge in [0.1, 0.15) is 5.01 Å². The number of aromatic nitrogens is 1. The van der Waals surface area contributed by atoms with Gasteiger partial charge >= 0.3 is 5.97 Å². The molecule has 0 fully saturated rings. The summed E-state index contributed by atoms with van der Waals surface area (Å²) in [6.07, 6.45) is 1.93. The van der Waals surface area contributed by atoms with Crippen molar-refractivity contribution >= 4 is 17.3 Å². The predicted molar refractivity (Wildman–Crippen MR) is 55.0 cm³/mol. The van der Waals surface area contributed by atoms with Gasteiger partial charge in [0, 0.05) is 16.6 Å². The molecule has 1 heterocycles. The summed E-state index contributed by atoms with van der Waals surface area (Å²) in [5, 5.41) is 0.741. The van der Waals surface area contributed by atoms with Crippen molar-refractivity contribution in [2.45, 2.75) is 25.8 Å². The molecule has 78 valence electrons. The van der Waals surface area contributed by atoms with Crippen LogP contribution < -0.4 is 5.73 Å². The molecule has 0 saturated carbocycles. The molecule has 0 bridgehead atoms. The summed E-state index contributed by atoms with van der Waals surface area (Å²) < 4.78 is 4.55. The average molecular weight is 214 g/mol. The van der Waals surface area contributed by atoms with Crippen LogP contribution in [0.1, 0.15) is 23.7 Å². The fraction of sp³-hybridized carbons (Fsp3) is 0.556. The highest BCUT2D eigenvalue weighted by molar-refractivity contribution is 7.11. The Morgan fingerprint density at radius 3 is 2.79 bits per heavy atom. The van der Waals surface area contributed by atoms with E-state index in [1.165, 1.54) is 18.4 Å². The van der Waals surface area contributed by atoms with E-state index in [0.717, 1.165) is 9.88 Å². The summed E-state index contributed by atoms with van der Waals surface area (Å²) in [7, 11) is 1.36. The molecule has 0 aromatic carbocycles. The van der Waals surface area contributed by atoms with Gasteiger partial charge in [-0.05, 0) is 13.8 Å². The number of thiazole rings is 1. The quantitative estimate of drug-likeness (QED) is 0.764. The van der Waals surface area contributed by atoms with Crippen LogP contribution in [-0.4, -0.2) is 18.1 Å². The van der Waals surface area contributed by atoms with E-state index in [9.17, 15) is 4.79 Å². The number of hydrogen-bond donors (Lipinski definition) is 1. The van der Waals surface area contributed by atoms with Crippen LogP contribution in [-0.2, 0) is 21.5 Å². The van der Waals surface area contributed by atoms with Crippen LogP contribution in [0.15, 0.2) is 6.20 Å². The summed E-state index contributed by atoms with van der Waals surface area (Å²) in [6.45, 7) is 3.81. The molecule has 14 heavy (non-hydrogen) atoms. The van der Waals surface area contributed by atoms with Crippen molar-refractivity contribution in [1.29, 1.82) is 0 Å². The summed E-state index contributed by atoms with van der Waals surface area (Å²) in [5.74, 6) is -0.277. The normalized spacial score (nSPS) is 11.4. The summed E-state index contributed by atoms with van der Waals surface area (Å²) in [4.78, 5) is 16.0. The number of esters is 1. The summed E-state index contributed by atoms with van der Waals surface area (Å²) in [5.41, 5.74) is 5.49. The largest absolute Gasteiger partial charge is 0.469 e. The van der Waals surface area contributed by atoms with Crippen LogP contribution in [0.4, 0.5) is 0 Å². The number of nitrogens with two attached hydrogens (primary N) is 1. The molecule has 1 aromatic rings. The zero-order chi connectivity index (χ0) is 10.8. The molecule has 0 aliphatic rings. The van der Waals surface area contributed by atoms with Gasteiger partial charge in [-0.15, -0.1) is 11.3 Å². The first-order valence-electron chi connectivity index (χ1n) is 4.24. The van der Waals surface area contributed by atoms with Crippen molar-refractivity contribution in [3.8, 4) is 0 Å². The first-order chi connectivity index (χ1) is 6.43. The molecular weight excluding hydrogens is 200 g/mol. The molecule has 0 amide bonds. The van der Waals surface area contributed by atoms with Crippen LogP contribution >= 0.6 is 11.3 Å². The van der Waals surface area contributed by atoms with Crippen molar-refractivity contribution in [1.82, 2.24) is 4.98 Å². The second-order valence-corrected chi connectivity index (χ2v) is 4.71. The average Bonchev–Trinajstić information content (AvgIpc) is 2.51. The first-order valence-corrected chi connectivity index (χ1v) is 5.06. The smallest absolute Gasteiger partial charge is 0.312 e. The van der Waals surface area contributed by atoms with Gasteiger partial charge in [-0.2, -0.15) is 0 Å². The third kappa shape index (κ3) is 2.78. The fourth-order valence-electron chi connectivity index (χ4n) is 0.886. The molecule has 0 unspecified atom stereocenters. The molecule has 1 rings (SSSR count). The van der Waals surface area contributed by atoms with Crippen LogP contribution in [0.5, 0.6) is 0 Å². The van der Waals surface area contributed by atoms with E-state index in [2.05, 4.69) is 9.72 Å². The van der Waals surface area contributed by atoms with Gasteiger partial charge < -0.3 is 10.5 Å². The van der Waals surface area contributed by atoms with Gasteiger partial charge in [0.15, 0.2) is 0 Å². The summed E-state index contributed by atoms with van der Waals surface area (Å²) >= 11 is 1.45. The lowest BCUT2D eigenvalue weighted by Crippen LogP contribution is -2.27. The lowest BCUT2D eigenvalue weighted by Gasteiger charge is -2.14. The van der Waals surface area contributed by atoms with E-state index < -0.39 is 5.54 Å². The maximum absolute atomic E-state index is 11.0. The Hall–Kier alpha value is -0.940. The van der Waals surface area contributed by atoms with Crippen LogP contribution in [0.2, 0.25) is 0 Å². The minimum Gasteiger partial charge on any atom is -0.469 e. The van der Waals surface area contributed by atoms with Crippen LogP contribution in [0.25, 0.3) is 0 Å². The number of hydrogen-bond acceptors (Lipinski definition) is 5. The Balaban J connectivity index is 2.74. The number of rotatable bonds is 3. The van der Waals surface area contributed by atoms with Gasteiger partial charge in [-0.3, -0.25) is 4.79 Å². The van der Waals surface area contributed by atoms with E-state index >= 15 is 0 Å². The third-order valence-electron chi connectivity index (χ3n) is 1.71. The zero-order valence-corrected chi connectivity index (χ0v) is 9.35. The van der Waals surface area contributed by atoms with E-state index in [1.54, 1.807) is 6.20 Å². The molecular formula is C9H14N2O2S. The maximum atomic E-state index is 11.0. The molecule has 0 atom stereocenters. The monoisotopic (exact) mass is 214 g/mol. The Labute approximate surface area is 87.1 Å². The SMILES string of the molecule is COC(=O)Cc1ncc(C(C)(C)N)s1. The molecule has 5 heteroatoms. The van der Waals surface area contributed by atoms with Gasteiger partial charge in [0.05, 0.1) is 13.5 Å². The molecule has 1 aromatic heterocycles. The van der Waals surface area contributed by atoms with Crippen molar-refractivity contribution in [3.63, 3.8) is 0 Å². The van der Waals surface area contributed by atoms with E-state index in [4.69, 9.17) is 5.73 Å². The second kappa shape index (κ2) is 4.06. The molecule has 0 radical (unpaired) electrons. The lowest BCUT2D eigenvalue weighted by molar-refractivity contribution is -0.139. The van der Waals surface area contributed by atoms with Crippen LogP contribution in [0.3, 0.4) is 0 Å². The third-order valence-corrected chi connectivity index (χ3v) is 3.05.